The van der Waals surface area contributed by atoms with Gasteiger partial charge in [0.05, 0.1) is 0 Å². The number of Topliss-reactive ketones (excluding diaryl/α,β-unsaturated/α-hetero) is 2. The molecule has 0 aromatic rings. The van der Waals surface area contributed by atoms with Crippen molar-refractivity contribution in [3.05, 3.63) is 11.1 Å². The van der Waals surface area contributed by atoms with Crippen molar-refractivity contribution in [1.82, 2.24) is 0 Å². The summed E-state index contributed by atoms with van der Waals surface area (Å²) in [4.78, 5) is 22.1. The highest BCUT2D eigenvalue weighted by molar-refractivity contribution is 6.15. The number of aliphatic hydroxyl groups is 2. The molecular formula is C8H10O4. The van der Waals surface area contributed by atoms with Crippen LogP contribution < -0.4 is 0 Å². The van der Waals surface area contributed by atoms with Crippen molar-refractivity contribution in [1.29, 1.82) is 0 Å². The predicted octanol–water partition coefficient (Wildman–Crippen LogP) is -0.804. The van der Waals surface area contributed by atoms with Crippen molar-refractivity contribution in [2.24, 2.45) is 0 Å². The molecule has 0 aliphatic heterocycles. The van der Waals surface area contributed by atoms with Crippen LogP contribution in [0.5, 0.6) is 0 Å². The normalized spacial score (nSPS) is 31.3. The molecule has 0 aromatic carbocycles. The molecule has 2 atom stereocenters. The van der Waals surface area contributed by atoms with E-state index in [0.717, 1.165) is 0 Å². The first-order chi connectivity index (χ1) is 5.46. The van der Waals surface area contributed by atoms with Gasteiger partial charge in [0.25, 0.3) is 0 Å². The molecule has 1 rings (SSSR count). The lowest BCUT2D eigenvalue weighted by molar-refractivity contribution is -0.141. The Balaban J connectivity index is 3.17. The third-order valence-corrected chi connectivity index (χ3v) is 2.14. The Morgan fingerprint density at radius 3 is 1.42 bits per heavy atom. The highest BCUT2D eigenvalue weighted by atomic mass is 16.3. The number of rotatable bonds is 0. The number of hydrogen-bond donors (Lipinski definition) is 2. The van der Waals surface area contributed by atoms with Crippen molar-refractivity contribution < 1.29 is 19.8 Å². The van der Waals surface area contributed by atoms with Crippen LogP contribution in [0.3, 0.4) is 0 Å². The first-order valence-corrected chi connectivity index (χ1v) is 3.59. The zero-order valence-electron chi connectivity index (χ0n) is 6.87. The van der Waals surface area contributed by atoms with Gasteiger partial charge >= 0.3 is 0 Å². The van der Waals surface area contributed by atoms with Crippen LogP contribution in [0.2, 0.25) is 0 Å². The molecule has 0 fully saturated rings. The number of hydrogen-bond acceptors (Lipinski definition) is 4. The molecule has 0 saturated carbocycles. The summed E-state index contributed by atoms with van der Waals surface area (Å²) in [5.41, 5.74) is 0.468. The molecule has 0 radical (unpaired) electrons. The van der Waals surface area contributed by atoms with Gasteiger partial charge in [0, 0.05) is 11.1 Å². The van der Waals surface area contributed by atoms with E-state index in [1.54, 1.807) is 0 Å². The Labute approximate surface area is 69.5 Å². The van der Waals surface area contributed by atoms with E-state index >= 15 is 0 Å². The Bertz CT molecular complexity index is 249. The van der Waals surface area contributed by atoms with Crippen LogP contribution in [0.1, 0.15) is 13.8 Å². The van der Waals surface area contributed by atoms with Crippen molar-refractivity contribution in [3.63, 3.8) is 0 Å². The molecule has 0 amide bonds. The van der Waals surface area contributed by atoms with Crippen LogP contribution in [-0.2, 0) is 9.59 Å². The van der Waals surface area contributed by atoms with Crippen LogP contribution in [0.15, 0.2) is 11.1 Å². The Morgan fingerprint density at radius 2 is 1.17 bits per heavy atom. The first kappa shape index (κ1) is 9.09. The molecule has 0 aromatic heterocycles. The maximum Gasteiger partial charge on any atom is 0.190 e. The minimum Gasteiger partial charge on any atom is -0.382 e. The molecule has 0 heterocycles. The third-order valence-electron chi connectivity index (χ3n) is 2.14. The van der Waals surface area contributed by atoms with Gasteiger partial charge in [-0.15, -0.1) is 0 Å². The van der Waals surface area contributed by atoms with Gasteiger partial charge in [-0.2, -0.15) is 0 Å². The molecule has 0 spiro atoms. The minimum absolute atomic E-state index is 0.234. The smallest absolute Gasteiger partial charge is 0.190 e. The van der Waals surface area contributed by atoms with Crippen LogP contribution in [0.25, 0.3) is 0 Å². The summed E-state index contributed by atoms with van der Waals surface area (Å²) in [5.74, 6) is -1.14. The monoisotopic (exact) mass is 170 g/mol. The second-order valence-corrected chi connectivity index (χ2v) is 2.87. The third kappa shape index (κ3) is 1.09. The van der Waals surface area contributed by atoms with E-state index in [9.17, 15) is 9.59 Å². The van der Waals surface area contributed by atoms with E-state index in [1.165, 1.54) is 13.8 Å². The van der Waals surface area contributed by atoms with Crippen molar-refractivity contribution >= 4 is 11.6 Å². The Hall–Kier alpha value is -1.00. The molecule has 2 unspecified atom stereocenters. The summed E-state index contributed by atoms with van der Waals surface area (Å²) in [6, 6.07) is 0. The number of carbonyl (C=O) groups is 2. The highest BCUT2D eigenvalue weighted by Crippen LogP contribution is 2.18. The average molecular weight is 170 g/mol. The lowest BCUT2D eigenvalue weighted by atomic mass is 9.87. The van der Waals surface area contributed by atoms with Crippen LogP contribution in [0, 0.1) is 0 Å². The summed E-state index contributed by atoms with van der Waals surface area (Å²) < 4.78 is 0. The number of carbonyl (C=O) groups excluding carboxylic acids is 2. The maximum absolute atomic E-state index is 11.1. The molecule has 4 nitrogen and oxygen atoms in total. The molecule has 12 heavy (non-hydrogen) atoms. The fraction of sp³-hybridized carbons (Fsp3) is 0.500. The van der Waals surface area contributed by atoms with Gasteiger partial charge < -0.3 is 10.2 Å². The van der Waals surface area contributed by atoms with E-state index < -0.39 is 23.8 Å². The van der Waals surface area contributed by atoms with Crippen LogP contribution >= 0.6 is 0 Å². The van der Waals surface area contributed by atoms with Crippen molar-refractivity contribution in [2.75, 3.05) is 0 Å². The largest absolute Gasteiger partial charge is 0.382 e. The summed E-state index contributed by atoms with van der Waals surface area (Å²) in [6.45, 7) is 2.93. The summed E-state index contributed by atoms with van der Waals surface area (Å²) in [5, 5.41) is 18.1. The molecule has 66 valence electrons. The van der Waals surface area contributed by atoms with E-state index in [4.69, 9.17) is 10.2 Å². The second-order valence-electron chi connectivity index (χ2n) is 2.87. The maximum atomic E-state index is 11.1. The Kier molecular flexibility index (Phi) is 2.12. The van der Waals surface area contributed by atoms with E-state index in [1.807, 2.05) is 0 Å². The molecule has 2 N–H and O–H groups in total. The molecule has 0 saturated heterocycles. The number of aliphatic hydroxyl groups excluding tert-OH is 2. The zero-order valence-corrected chi connectivity index (χ0v) is 6.87. The van der Waals surface area contributed by atoms with Gasteiger partial charge in [0.2, 0.25) is 0 Å². The molecular weight excluding hydrogens is 160 g/mol. The van der Waals surface area contributed by atoms with Crippen LogP contribution in [0.4, 0.5) is 0 Å². The van der Waals surface area contributed by atoms with Crippen molar-refractivity contribution in [2.45, 2.75) is 26.1 Å². The Morgan fingerprint density at radius 1 is 0.917 bits per heavy atom. The molecule has 1 aliphatic rings. The standard InChI is InChI=1S/C8H10O4/c1-3-4(2)6(10)8(12)7(11)5(3)9/h7-8,11-12H,1-2H3. The summed E-state index contributed by atoms with van der Waals surface area (Å²) in [6.07, 6.45) is -3.16. The van der Waals surface area contributed by atoms with Gasteiger partial charge in [-0.05, 0) is 13.8 Å². The first-order valence-electron chi connectivity index (χ1n) is 3.59. The zero-order chi connectivity index (χ0) is 9.46. The minimum atomic E-state index is -1.58. The van der Waals surface area contributed by atoms with E-state index in [2.05, 4.69) is 0 Å². The summed E-state index contributed by atoms with van der Waals surface area (Å²) in [7, 11) is 0. The van der Waals surface area contributed by atoms with Crippen LogP contribution in [-0.4, -0.2) is 34.0 Å². The van der Waals surface area contributed by atoms with E-state index in [-0.39, 0.29) is 11.1 Å². The fourth-order valence-corrected chi connectivity index (χ4v) is 1.10. The average Bonchev–Trinajstić information content (AvgIpc) is 2.08. The fourth-order valence-electron chi connectivity index (χ4n) is 1.10. The van der Waals surface area contributed by atoms with Gasteiger partial charge in [-0.25, -0.2) is 0 Å². The van der Waals surface area contributed by atoms with Gasteiger partial charge in [-0.1, -0.05) is 0 Å². The lowest BCUT2D eigenvalue weighted by Crippen LogP contribution is -2.44. The summed E-state index contributed by atoms with van der Waals surface area (Å²) >= 11 is 0. The SMILES string of the molecule is CC1=C(C)C(=O)C(O)C(O)C1=O. The second kappa shape index (κ2) is 2.80. The van der Waals surface area contributed by atoms with E-state index in [0.29, 0.717) is 0 Å². The van der Waals surface area contributed by atoms with Gasteiger partial charge in [-0.3, -0.25) is 9.59 Å². The highest BCUT2D eigenvalue weighted by Gasteiger charge is 2.37. The quantitative estimate of drug-likeness (QED) is 0.499. The topological polar surface area (TPSA) is 74.6 Å². The van der Waals surface area contributed by atoms with Gasteiger partial charge in [0.15, 0.2) is 11.6 Å². The molecule has 1 aliphatic carbocycles. The van der Waals surface area contributed by atoms with Gasteiger partial charge in [0.1, 0.15) is 12.2 Å². The lowest BCUT2D eigenvalue weighted by Gasteiger charge is -2.22. The molecule has 0 bridgehead atoms. The predicted molar refractivity (Wildman–Crippen MR) is 40.4 cm³/mol. The molecule has 4 heteroatoms. The van der Waals surface area contributed by atoms with Crippen molar-refractivity contribution in [3.8, 4) is 0 Å². The number of ketones is 2.